The minimum Gasteiger partial charge on any atom is -0.325 e. The Balaban J connectivity index is 2.51. The number of benzene rings is 1. The average Bonchev–Trinajstić information content (AvgIpc) is 2.38. The number of anilines is 1. The zero-order chi connectivity index (χ0) is 14.3. The number of likely N-dealkylation sites (N-methyl/N-ethyl adjacent to an activating group) is 1. The molecule has 19 heavy (non-hydrogen) atoms. The van der Waals surface area contributed by atoms with Crippen LogP contribution in [0.25, 0.3) is 0 Å². The van der Waals surface area contributed by atoms with Gasteiger partial charge in [0.1, 0.15) is 0 Å². The van der Waals surface area contributed by atoms with Gasteiger partial charge in [-0.3, -0.25) is 9.69 Å². The zero-order valence-corrected chi connectivity index (χ0v) is 11.4. The van der Waals surface area contributed by atoms with Gasteiger partial charge >= 0.3 is 0 Å². The molecule has 0 aliphatic rings. The summed E-state index contributed by atoms with van der Waals surface area (Å²) in [7, 11) is 0. The van der Waals surface area contributed by atoms with E-state index in [4.69, 9.17) is 0 Å². The molecule has 106 valence electrons. The van der Waals surface area contributed by atoms with E-state index in [-0.39, 0.29) is 18.1 Å². The van der Waals surface area contributed by atoms with Gasteiger partial charge in [0.15, 0.2) is 11.6 Å². The third kappa shape index (κ3) is 5.34. The monoisotopic (exact) mass is 270 g/mol. The van der Waals surface area contributed by atoms with Gasteiger partial charge in [-0.2, -0.15) is 0 Å². The summed E-state index contributed by atoms with van der Waals surface area (Å²) < 4.78 is 25.7. The number of nitrogens with one attached hydrogen (secondary N) is 1. The summed E-state index contributed by atoms with van der Waals surface area (Å²) in [5, 5.41) is 2.56. The molecule has 0 aliphatic heterocycles. The Kier molecular flexibility index (Phi) is 6.42. The van der Waals surface area contributed by atoms with E-state index in [9.17, 15) is 13.6 Å². The van der Waals surface area contributed by atoms with Gasteiger partial charge in [0.2, 0.25) is 5.91 Å². The molecule has 0 spiro atoms. The van der Waals surface area contributed by atoms with Gasteiger partial charge in [0.05, 0.1) is 6.54 Å². The van der Waals surface area contributed by atoms with Crippen LogP contribution in [0.5, 0.6) is 0 Å². The third-order valence-corrected chi connectivity index (χ3v) is 2.85. The Labute approximate surface area is 112 Å². The van der Waals surface area contributed by atoms with E-state index in [0.29, 0.717) is 0 Å². The Morgan fingerprint density at radius 2 is 2.00 bits per heavy atom. The van der Waals surface area contributed by atoms with Crippen molar-refractivity contribution in [3.8, 4) is 0 Å². The third-order valence-electron chi connectivity index (χ3n) is 2.85. The molecule has 0 radical (unpaired) electrons. The lowest BCUT2D eigenvalue weighted by Crippen LogP contribution is -2.33. The Morgan fingerprint density at radius 1 is 1.26 bits per heavy atom. The van der Waals surface area contributed by atoms with Gasteiger partial charge in [-0.15, -0.1) is 0 Å². The first-order valence-electron chi connectivity index (χ1n) is 6.54. The fraction of sp³-hybridized carbons (Fsp3) is 0.500. The van der Waals surface area contributed by atoms with Gasteiger partial charge in [-0.1, -0.05) is 20.3 Å². The first kappa shape index (κ1) is 15.6. The second-order valence-electron chi connectivity index (χ2n) is 4.40. The molecule has 0 fully saturated rings. The van der Waals surface area contributed by atoms with Crippen LogP contribution in [0.15, 0.2) is 18.2 Å². The minimum absolute atomic E-state index is 0.219. The van der Waals surface area contributed by atoms with Crippen LogP contribution in [-0.2, 0) is 4.79 Å². The predicted molar refractivity (Wildman–Crippen MR) is 72.0 cm³/mol. The standard InChI is InChI=1S/C14H20F2N2O/c1-3-5-8-18(4-2)10-14(19)17-11-6-7-12(15)13(16)9-11/h6-7,9H,3-5,8,10H2,1-2H3,(H,17,19). The highest BCUT2D eigenvalue weighted by Gasteiger charge is 2.10. The molecule has 1 rings (SSSR count). The number of rotatable bonds is 7. The molecule has 0 unspecified atom stereocenters. The van der Waals surface area contributed by atoms with Crippen molar-refractivity contribution in [2.24, 2.45) is 0 Å². The molecule has 0 saturated heterocycles. The summed E-state index contributed by atoms with van der Waals surface area (Å²) in [5.74, 6) is -2.10. The van der Waals surface area contributed by atoms with E-state index < -0.39 is 11.6 Å². The van der Waals surface area contributed by atoms with Crippen LogP contribution in [0.3, 0.4) is 0 Å². The number of halogens is 2. The molecule has 1 aromatic rings. The molecule has 0 heterocycles. The van der Waals surface area contributed by atoms with E-state index in [1.807, 2.05) is 11.8 Å². The van der Waals surface area contributed by atoms with Crippen LogP contribution in [0.4, 0.5) is 14.5 Å². The van der Waals surface area contributed by atoms with Crippen molar-refractivity contribution < 1.29 is 13.6 Å². The Morgan fingerprint density at radius 3 is 2.58 bits per heavy atom. The zero-order valence-electron chi connectivity index (χ0n) is 11.4. The lowest BCUT2D eigenvalue weighted by atomic mass is 10.3. The van der Waals surface area contributed by atoms with Gasteiger partial charge in [0, 0.05) is 11.8 Å². The van der Waals surface area contributed by atoms with E-state index in [1.165, 1.54) is 6.07 Å². The highest BCUT2D eigenvalue weighted by atomic mass is 19.2. The fourth-order valence-corrected chi connectivity index (χ4v) is 1.71. The van der Waals surface area contributed by atoms with Crippen LogP contribution in [0.1, 0.15) is 26.7 Å². The highest BCUT2D eigenvalue weighted by molar-refractivity contribution is 5.92. The molecule has 5 heteroatoms. The topological polar surface area (TPSA) is 32.3 Å². The van der Waals surface area contributed by atoms with Crippen LogP contribution < -0.4 is 5.32 Å². The van der Waals surface area contributed by atoms with E-state index in [1.54, 1.807) is 0 Å². The molecule has 1 N–H and O–H groups in total. The molecular weight excluding hydrogens is 250 g/mol. The summed E-state index contributed by atoms with van der Waals surface area (Å²) in [6, 6.07) is 3.33. The lowest BCUT2D eigenvalue weighted by molar-refractivity contribution is -0.117. The van der Waals surface area contributed by atoms with Crippen molar-refractivity contribution in [3.05, 3.63) is 29.8 Å². The van der Waals surface area contributed by atoms with Crippen molar-refractivity contribution >= 4 is 11.6 Å². The van der Waals surface area contributed by atoms with E-state index >= 15 is 0 Å². The summed E-state index contributed by atoms with van der Waals surface area (Å²) >= 11 is 0. The minimum atomic E-state index is -0.962. The van der Waals surface area contributed by atoms with Crippen LogP contribution in [0.2, 0.25) is 0 Å². The molecule has 1 amide bonds. The van der Waals surface area contributed by atoms with Gasteiger partial charge in [-0.25, -0.2) is 8.78 Å². The second kappa shape index (κ2) is 7.84. The average molecular weight is 270 g/mol. The summed E-state index contributed by atoms with van der Waals surface area (Å²) in [5.41, 5.74) is 0.274. The van der Waals surface area contributed by atoms with Crippen molar-refractivity contribution in [2.45, 2.75) is 26.7 Å². The fourth-order valence-electron chi connectivity index (χ4n) is 1.71. The van der Waals surface area contributed by atoms with E-state index in [2.05, 4.69) is 12.2 Å². The maximum Gasteiger partial charge on any atom is 0.238 e. The highest BCUT2D eigenvalue weighted by Crippen LogP contribution is 2.13. The molecule has 1 aromatic carbocycles. The van der Waals surface area contributed by atoms with Gasteiger partial charge < -0.3 is 5.32 Å². The number of amides is 1. The quantitative estimate of drug-likeness (QED) is 0.826. The molecule has 0 saturated carbocycles. The Hall–Kier alpha value is -1.49. The maximum atomic E-state index is 13.0. The van der Waals surface area contributed by atoms with Crippen LogP contribution >= 0.6 is 0 Å². The maximum absolute atomic E-state index is 13.0. The number of unbranched alkanes of at least 4 members (excludes halogenated alkanes) is 1. The van der Waals surface area contributed by atoms with Crippen molar-refractivity contribution in [2.75, 3.05) is 25.0 Å². The normalized spacial score (nSPS) is 10.8. The Bertz CT molecular complexity index is 424. The predicted octanol–water partition coefficient (Wildman–Crippen LogP) is 3.03. The molecular formula is C14H20F2N2O. The molecule has 3 nitrogen and oxygen atoms in total. The molecule has 0 aromatic heterocycles. The lowest BCUT2D eigenvalue weighted by Gasteiger charge is -2.19. The largest absolute Gasteiger partial charge is 0.325 e. The number of carbonyl (C=O) groups excluding carboxylic acids is 1. The van der Waals surface area contributed by atoms with Crippen LogP contribution in [-0.4, -0.2) is 30.4 Å². The van der Waals surface area contributed by atoms with E-state index in [0.717, 1.165) is 38.1 Å². The van der Waals surface area contributed by atoms with Crippen molar-refractivity contribution in [1.29, 1.82) is 0 Å². The SMILES string of the molecule is CCCCN(CC)CC(=O)Nc1ccc(F)c(F)c1. The second-order valence-corrected chi connectivity index (χ2v) is 4.40. The van der Waals surface area contributed by atoms with Crippen molar-refractivity contribution in [3.63, 3.8) is 0 Å². The van der Waals surface area contributed by atoms with Gasteiger partial charge in [-0.05, 0) is 31.6 Å². The summed E-state index contributed by atoms with van der Waals surface area (Å²) in [4.78, 5) is 13.8. The summed E-state index contributed by atoms with van der Waals surface area (Å²) in [6.45, 7) is 5.98. The molecule has 0 aliphatic carbocycles. The first-order chi connectivity index (χ1) is 9.06. The number of hydrogen-bond donors (Lipinski definition) is 1. The number of hydrogen-bond acceptors (Lipinski definition) is 2. The van der Waals surface area contributed by atoms with Crippen LogP contribution in [0, 0.1) is 11.6 Å². The molecule has 0 atom stereocenters. The van der Waals surface area contributed by atoms with Gasteiger partial charge in [0.25, 0.3) is 0 Å². The number of carbonyl (C=O) groups is 1. The first-order valence-corrected chi connectivity index (χ1v) is 6.54. The number of nitrogens with zero attached hydrogens (tertiary/aromatic N) is 1. The molecule has 0 bridgehead atoms. The smallest absolute Gasteiger partial charge is 0.238 e. The summed E-state index contributed by atoms with van der Waals surface area (Å²) in [6.07, 6.45) is 2.10. The van der Waals surface area contributed by atoms with Crippen molar-refractivity contribution in [1.82, 2.24) is 4.90 Å².